The fraction of sp³-hybridized carbons (Fsp3) is 0.556. The first-order valence-electron chi connectivity index (χ1n) is 8.46. The Kier molecular flexibility index (Phi) is 6.61. The molecule has 0 radical (unpaired) electrons. The molecule has 1 fully saturated rings. The van der Waals surface area contributed by atoms with Crippen molar-refractivity contribution in [3.8, 4) is 0 Å². The molecule has 132 valence electrons. The lowest BCUT2D eigenvalue weighted by Crippen LogP contribution is -2.37. The molecule has 0 spiro atoms. The summed E-state index contributed by atoms with van der Waals surface area (Å²) < 4.78 is 5.54. The van der Waals surface area contributed by atoms with Gasteiger partial charge in [0.1, 0.15) is 0 Å². The first-order valence-corrected chi connectivity index (χ1v) is 8.46. The standard InChI is InChI=1S/C18H27N3O3/c1-13(2)19-17(22)11-14-6-8-15(9-7-14)20-18(23)21(3)12-16-5-4-10-24-16/h6-9,13,16H,4-5,10-12H2,1-3H3,(H,19,22)(H,20,23)/t16-/m1/s1. The van der Waals surface area contributed by atoms with Gasteiger partial charge < -0.3 is 20.3 Å². The van der Waals surface area contributed by atoms with Crippen LogP contribution in [0.3, 0.4) is 0 Å². The molecule has 0 aliphatic carbocycles. The van der Waals surface area contributed by atoms with E-state index in [0.717, 1.165) is 25.0 Å². The van der Waals surface area contributed by atoms with Crippen LogP contribution < -0.4 is 10.6 Å². The normalized spacial score (nSPS) is 16.9. The van der Waals surface area contributed by atoms with Gasteiger partial charge in [-0.25, -0.2) is 4.79 Å². The second-order valence-corrected chi connectivity index (χ2v) is 6.54. The third kappa shape index (κ3) is 5.85. The highest BCUT2D eigenvalue weighted by Crippen LogP contribution is 2.14. The Bertz CT molecular complexity index is 551. The van der Waals surface area contributed by atoms with E-state index in [1.165, 1.54) is 0 Å². The number of anilines is 1. The van der Waals surface area contributed by atoms with Crippen LogP contribution in [0.1, 0.15) is 32.3 Å². The van der Waals surface area contributed by atoms with E-state index >= 15 is 0 Å². The van der Waals surface area contributed by atoms with Gasteiger partial charge in [-0.05, 0) is 44.4 Å². The first-order chi connectivity index (χ1) is 11.4. The maximum atomic E-state index is 12.2. The number of urea groups is 1. The molecule has 3 amide bonds. The minimum atomic E-state index is -0.157. The summed E-state index contributed by atoms with van der Waals surface area (Å²) in [5.74, 6) is -0.00178. The summed E-state index contributed by atoms with van der Waals surface area (Å²) >= 11 is 0. The predicted molar refractivity (Wildman–Crippen MR) is 94.0 cm³/mol. The molecule has 1 heterocycles. The summed E-state index contributed by atoms with van der Waals surface area (Å²) in [5.41, 5.74) is 1.63. The van der Waals surface area contributed by atoms with Gasteiger partial charge in [-0.2, -0.15) is 0 Å². The van der Waals surface area contributed by atoms with E-state index in [-0.39, 0.29) is 24.1 Å². The largest absolute Gasteiger partial charge is 0.376 e. The number of amides is 3. The maximum absolute atomic E-state index is 12.2. The van der Waals surface area contributed by atoms with Crippen molar-refractivity contribution in [3.63, 3.8) is 0 Å². The number of hydrogen-bond donors (Lipinski definition) is 2. The summed E-state index contributed by atoms with van der Waals surface area (Å²) in [5, 5.41) is 5.72. The molecular formula is C18H27N3O3. The van der Waals surface area contributed by atoms with Crippen LogP contribution in [0.4, 0.5) is 10.5 Å². The van der Waals surface area contributed by atoms with Crippen LogP contribution in [0.5, 0.6) is 0 Å². The van der Waals surface area contributed by atoms with Crippen LogP contribution >= 0.6 is 0 Å². The Labute approximate surface area is 143 Å². The van der Waals surface area contributed by atoms with Gasteiger partial charge in [0.05, 0.1) is 12.5 Å². The molecule has 2 N–H and O–H groups in total. The van der Waals surface area contributed by atoms with E-state index < -0.39 is 0 Å². The van der Waals surface area contributed by atoms with Crippen molar-refractivity contribution in [1.82, 2.24) is 10.2 Å². The number of nitrogens with one attached hydrogen (secondary N) is 2. The summed E-state index contributed by atoms with van der Waals surface area (Å²) in [7, 11) is 1.77. The predicted octanol–water partition coefficient (Wildman–Crippen LogP) is 2.40. The average molecular weight is 333 g/mol. The molecule has 0 unspecified atom stereocenters. The quantitative estimate of drug-likeness (QED) is 0.840. The van der Waals surface area contributed by atoms with Crippen molar-refractivity contribution in [3.05, 3.63) is 29.8 Å². The zero-order chi connectivity index (χ0) is 17.5. The molecule has 6 nitrogen and oxygen atoms in total. The van der Waals surface area contributed by atoms with Crippen molar-refractivity contribution in [2.45, 2.75) is 45.3 Å². The van der Waals surface area contributed by atoms with Gasteiger partial charge >= 0.3 is 6.03 Å². The van der Waals surface area contributed by atoms with Crippen LogP contribution in [0.15, 0.2) is 24.3 Å². The Hall–Kier alpha value is -2.08. The van der Waals surface area contributed by atoms with E-state index in [1.807, 2.05) is 38.1 Å². The van der Waals surface area contributed by atoms with E-state index in [0.29, 0.717) is 18.7 Å². The third-order valence-corrected chi connectivity index (χ3v) is 3.87. The van der Waals surface area contributed by atoms with E-state index in [2.05, 4.69) is 10.6 Å². The maximum Gasteiger partial charge on any atom is 0.321 e. The molecule has 2 rings (SSSR count). The molecule has 1 saturated heterocycles. The Morgan fingerprint density at radius 3 is 2.58 bits per heavy atom. The second-order valence-electron chi connectivity index (χ2n) is 6.54. The zero-order valence-electron chi connectivity index (χ0n) is 14.7. The topological polar surface area (TPSA) is 70.7 Å². The van der Waals surface area contributed by atoms with Gasteiger partial charge in [0.2, 0.25) is 5.91 Å². The number of benzene rings is 1. The van der Waals surface area contributed by atoms with Gasteiger partial charge in [0.15, 0.2) is 0 Å². The summed E-state index contributed by atoms with van der Waals surface area (Å²) in [6.45, 7) is 5.25. The molecular weight excluding hydrogens is 306 g/mol. The third-order valence-electron chi connectivity index (χ3n) is 3.87. The highest BCUT2D eigenvalue weighted by Gasteiger charge is 2.20. The van der Waals surface area contributed by atoms with Gasteiger partial charge in [0, 0.05) is 31.9 Å². The van der Waals surface area contributed by atoms with Crippen molar-refractivity contribution >= 4 is 17.6 Å². The summed E-state index contributed by atoms with van der Waals surface area (Å²) in [4.78, 5) is 25.6. The molecule has 1 aliphatic rings. The number of carbonyl (C=O) groups excluding carboxylic acids is 2. The fourth-order valence-corrected chi connectivity index (χ4v) is 2.66. The van der Waals surface area contributed by atoms with Crippen molar-refractivity contribution in [2.75, 3.05) is 25.5 Å². The number of nitrogens with zero attached hydrogens (tertiary/aromatic N) is 1. The lowest BCUT2D eigenvalue weighted by molar-refractivity contribution is -0.120. The molecule has 1 atom stereocenters. The van der Waals surface area contributed by atoms with Crippen LogP contribution in [0.2, 0.25) is 0 Å². The Morgan fingerprint density at radius 1 is 1.29 bits per heavy atom. The number of hydrogen-bond acceptors (Lipinski definition) is 3. The van der Waals surface area contributed by atoms with Gasteiger partial charge in [0.25, 0.3) is 0 Å². The molecule has 24 heavy (non-hydrogen) atoms. The van der Waals surface area contributed by atoms with Crippen molar-refractivity contribution < 1.29 is 14.3 Å². The van der Waals surface area contributed by atoms with Crippen LogP contribution in [0, 0.1) is 0 Å². The van der Waals surface area contributed by atoms with Crippen LogP contribution in [-0.2, 0) is 16.0 Å². The van der Waals surface area contributed by atoms with Gasteiger partial charge in [-0.3, -0.25) is 4.79 Å². The highest BCUT2D eigenvalue weighted by atomic mass is 16.5. The summed E-state index contributed by atoms with van der Waals surface area (Å²) in [6, 6.07) is 7.32. The lowest BCUT2D eigenvalue weighted by Gasteiger charge is -2.21. The monoisotopic (exact) mass is 333 g/mol. The number of ether oxygens (including phenoxy) is 1. The minimum Gasteiger partial charge on any atom is -0.376 e. The first kappa shape index (κ1) is 18.3. The molecule has 1 aromatic carbocycles. The van der Waals surface area contributed by atoms with Crippen molar-refractivity contribution in [1.29, 1.82) is 0 Å². The molecule has 0 saturated carbocycles. The SMILES string of the molecule is CC(C)NC(=O)Cc1ccc(NC(=O)N(C)C[C@H]2CCCO2)cc1. The van der Waals surface area contributed by atoms with Gasteiger partial charge in [-0.15, -0.1) is 0 Å². The van der Waals surface area contributed by atoms with Crippen LogP contribution in [-0.4, -0.2) is 49.2 Å². The minimum absolute atomic E-state index is 0.00178. The second kappa shape index (κ2) is 8.68. The average Bonchev–Trinajstić information content (AvgIpc) is 3.01. The molecule has 1 aromatic rings. The van der Waals surface area contributed by atoms with Gasteiger partial charge in [-0.1, -0.05) is 12.1 Å². The number of likely N-dealkylation sites (N-methyl/N-ethyl adjacent to an activating group) is 1. The Morgan fingerprint density at radius 2 is 2.00 bits per heavy atom. The molecule has 0 bridgehead atoms. The number of carbonyl (C=O) groups is 2. The van der Waals surface area contributed by atoms with Crippen LogP contribution in [0.25, 0.3) is 0 Å². The van der Waals surface area contributed by atoms with Crippen molar-refractivity contribution in [2.24, 2.45) is 0 Å². The summed E-state index contributed by atoms with van der Waals surface area (Å²) in [6.07, 6.45) is 2.55. The fourth-order valence-electron chi connectivity index (χ4n) is 2.66. The molecule has 1 aliphatic heterocycles. The smallest absolute Gasteiger partial charge is 0.321 e. The molecule has 0 aromatic heterocycles. The lowest BCUT2D eigenvalue weighted by atomic mass is 10.1. The molecule has 6 heteroatoms. The van der Waals surface area contributed by atoms with E-state index in [4.69, 9.17) is 4.74 Å². The van der Waals surface area contributed by atoms with E-state index in [1.54, 1.807) is 11.9 Å². The number of rotatable bonds is 6. The van der Waals surface area contributed by atoms with E-state index in [9.17, 15) is 9.59 Å². The highest BCUT2D eigenvalue weighted by molar-refractivity contribution is 5.89. The zero-order valence-corrected chi connectivity index (χ0v) is 14.7. The Balaban J connectivity index is 1.81.